The predicted molar refractivity (Wildman–Crippen MR) is 91.0 cm³/mol. The zero-order chi connectivity index (χ0) is 16.7. The Bertz CT molecular complexity index is 816. The molecule has 3 amide bonds. The molecule has 4 rings (SSSR count). The van der Waals surface area contributed by atoms with Crippen molar-refractivity contribution in [1.29, 1.82) is 0 Å². The number of benzene rings is 1. The molecular weight excluding hydrogens is 324 g/mol. The minimum Gasteiger partial charge on any atom is -0.497 e. The van der Waals surface area contributed by atoms with E-state index in [0.29, 0.717) is 12.2 Å². The molecule has 1 atom stereocenters. The van der Waals surface area contributed by atoms with Crippen molar-refractivity contribution in [3.63, 3.8) is 0 Å². The van der Waals surface area contributed by atoms with Crippen LogP contribution in [0.2, 0.25) is 0 Å². The van der Waals surface area contributed by atoms with Crippen LogP contribution in [-0.2, 0) is 23.3 Å². The Hall–Kier alpha value is -2.34. The number of methoxy groups -OCH3 is 1. The van der Waals surface area contributed by atoms with E-state index in [1.54, 1.807) is 18.4 Å². The average molecular weight is 342 g/mol. The van der Waals surface area contributed by atoms with E-state index >= 15 is 0 Å². The molecule has 1 aromatic heterocycles. The molecule has 1 spiro atoms. The van der Waals surface area contributed by atoms with E-state index in [4.69, 9.17) is 4.74 Å². The molecule has 0 bridgehead atoms. The summed E-state index contributed by atoms with van der Waals surface area (Å²) < 4.78 is 5.22. The van der Waals surface area contributed by atoms with Gasteiger partial charge in [-0.15, -0.1) is 11.3 Å². The van der Waals surface area contributed by atoms with Crippen molar-refractivity contribution in [2.45, 2.75) is 31.3 Å². The van der Waals surface area contributed by atoms with E-state index in [-0.39, 0.29) is 18.5 Å². The molecule has 1 N–H and O–H groups in total. The first kappa shape index (κ1) is 15.2. The van der Waals surface area contributed by atoms with Crippen LogP contribution in [0, 0.1) is 0 Å². The van der Waals surface area contributed by atoms with E-state index in [1.807, 2.05) is 35.7 Å². The number of ether oxygens (including phenoxy) is 1. The van der Waals surface area contributed by atoms with Crippen molar-refractivity contribution >= 4 is 23.3 Å². The molecule has 6 heteroatoms. The molecular formula is C18H18N2O3S. The minimum atomic E-state index is -0.871. The highest BCUT2D eigenvalue weighted by Gasteiger charge is 2.54. The van der Waals surface area contributed by atoms with Crippen molar-refractivity contribution < 1.29 is 14.3 Å². The Balaban J connectivity index is 1.65. The summed E-state index contributed by atoms with van der Waals surface area (Å²) in [4.78, 5) is 28.2. The van der Waals surface area contributed by atoms with Crippen LogP contribution in [0.15, 0.2) is 35.7 Å². The summed E-state index contributed by atoms with van der Waals surface area (Å²) in [5.74, 6) is 0.571. The number of rotatable bonds is 3. The van der Waals surface area contributed by atoms with Crippen LogP contribution in [0.25, 0.3) is 0 Å². The Morgan fingerprint density at radius 2 is 2.21 bits per heavy atom. The topological polar surface area (TPSA) is 58.6 Å². The van der Waals surface area contributed by atoms with Gasteiger partial charge in [0.25, 0.3) is 5.91 Å². The third kappa shape index (κ3) is 2.21. The molecule has 5 nitrogen and oxygen atoms in total. The molecule has 1 aromatic carbocycles. The van der Waals surface area contributed by atoms with Crippen LogP contribution < -0.4 is 10.1 Å². The Kier molecular flexibility index (Phi) is 3.57. The molecule has 0 unspecified atom stereocenters. The van der Waals surface area contributed by atoms with Gasteiger partial charge in [0.15, 0.2) is 0 Å². The summed E-state index contributed by atoms with van der Waals surface area (Å²) in [5, 5.41) is 4.97. The first-order chi connectivity index (χ1) is 11.6. The number of fused-ring (bicyclic) bond motifs is 2. The third-order valence-electron chi connectivity index (χ3n) is 4.81. The predicted octanol–water partition coefficient (Wildman–Crippen LogP) is 3.04. The Morgan fingerprint density at radius 3 is 3.04 bits per heavy atom. The molecule has 0 saturated carbocycles. The number of aryl methyl sites for hydroxylation is 1. The number of imide groups is 1. The van der Waals surface area contributed by atoms with Crippen molar-refractivity contribution in [2.24, 2.45) is 0 Å². The summed E-state index contributed by atoms with van der Waals surface area (Å²) >= 11 is 1.66. The van der Waals surface area contributed by atoms with Gasteiger partial charge in [0.1, 0.15) is 11.3 Å². The number of urea groups is 1. The zero-order valence-corrected chi connectivity index (χ0v) is 14.2. The number of carbonyl (C=O) groups excluding carboxylic acids is 2. The summed E-state index contributed by atoms with van der Waals surface area (Å²) in [6.45, 7) is 0.253. The highest BCUT2D eigenvalue weighted by atomic mass is 32.1. The second kappa shape index (κ2) is 5.63. The molecule has 1 aliphatic carbocycles. The lowest BCUT2D eigenvalue weighted by Crippen LogP contribution is -2.46. The fourth-order valence-corrected chi connectivity index (χ4v) is 4.64. The van der Waals surface area contributed by atoms with Crippen LogP contribution in [0.5, 0.6) is 5.75 Å². The SMILES string of the molecule is COc1cccc(CN2C(=O)N[C@]3(CCCc4sccc43)C2=O)c1. The first-order valence-electron chi connectivity index (χ1n) is 7.98. The summed E-state index contributed by atoms with van der Waals surface area (Å²) in [5.41, 5.74) is 0.977. The van der Waals surface area contributed by atoms with Gasteiger partial charge in [-0.2, -0.15) is 0 Å². The number of thiophene rings is 1. The van der Waals surface area contributed by atoms with Crippen molar-refractivity contribution in [3.05, 3.63) is 51.7 Å². The smallest absolute Gasteiger partial charge is 0.325 e. The van der Waals surface area contributed by atoms with Gasteiger partial charge in [0.05, 0.1) is 13.7 Å². The van der Waals surface area contributed by atoms with Gasteiger partial charge >= 0.3 is 6.03 Å². The maximum absolute atomic E-state index is 13.1. The van der Waals surface area contributed by atoms with Gasteiger partial charge in [0, 0.05) is 10.4 Å². The number of nitrogens with zero attached hydrogens (tertiary/aromatic N) is 1. The number of hydrogen-bond acceptors (Lipinski definition) is 4. The van der Waals surface area contributed by atoms with Gasteiger partial charge in [-0.3, -0.25) is 9.69 Å². The van der Waals surface area contributed by atoms with E-state index in [0.717, 1.165) is 24.0 Å². The van der Waals surface area contributed by atoms with E-state index in [1.165, 1.54) is 9.78 Å². The second-order valence-corrected chi connectivity index (χ2v) is 7.19. The second-order valence-electron chi connectivity index (χ2n) is 6.19. The quantitative estimate of drug-likeness (QED) is 0.872. The van der Waals surface area contributed by atoms with Crippen LogP contribution >= 0.6 is 11.3 Å². The number of amides is 3. The van der Waals surface area contributed by atoms with Crippen molar-refractivity contribution in [1.82, 2.24) is 10.2 Å². The number of hydrogen-bond donors (Lipinski definition) is 1. The lowest BCUT2D eigenvalue weighted by Gasteiger charge is -2.31. The van der Waals surface area contributed by atoms with Gasteiger partial charge in [0.2, 0.25) is 0 Å². The van der Waals surface area contributed by atoms with E-state index < -0.39 is 5.54 Å². The highest BCUT2D eigenvalue weighted by molar-refractivity contribution is 7.10. The summed E-state index contributed by atoms with van der Waals surface area (Å²) in [7, 11) is 1.60. The molecule has 1 saturated heterocycles. The van der Waals surface area contributed by atoms with Crippen LogP contribution in [0.3, 0.4) is 0 Å². The fraction of sp³-hybridized carbons (Fsp3) is 0.333. The van der Waals surface area contributed by atoms with Gasteiger partial charge in [-0.1, -0.05) is 12.1 Å². The molecule has 24 heavy (non-hydrogen) atoms. The molecule has 2 aliphatic rings. The average Bonchev–Trinajstić information content (AvgIpc) is 3.16. The van der Waals surface area contributed by atoms with Gasteiger partial charge in [-0.25, -0.2) is 4.79 Å². The van der Waals surface area contributed by atoms with Gasteiger partial charge in [-0.05, 0) is 48.4 Å². The number of carbonyl (C=O) groups is 2. The summed E-state index contributed by atoms with van der Waals surface area (Å²) in [6.07, 6.45) is 2.55. The van der Waals surface area contributed by atoms with E-state index in [2.05, 4.69) is 5.32 Å². The minimum absolute atomic E-state index is 0.144. The van der Waals surface area contributed by atoms with E-state index in [9.17, 15) is 9.59 Å². The Labute approximate surface area is 144 Å². The molecule has 2 heterocycles. The molecule has 1 fully saturated rings. The van der Waals surface area contributed by atoms with Crippen LogP contribution in [0.4, 0.5) is 4.79 Å². The van der Waals surface area contributed by atoms with Crippen molar-refractivity contribution in [2.75, 3.05) is 7.11 Å². The Morgan fingerprint density at radius 1 is 1.33 bits per heavy atom. The van der Waals surface area contributed by atoms with Crippen LogP contribution in [-0.4, -0.2) is 23.9 Å². The highest BCUT2D eigenvalue weighted by Crippen LogP contribution is 2.42. The lowest BCUT2D eigenvalue weighted by atomic mass is 9.80. The molecule has 0 radical (unpaired) electrons. The number of nitrogens with one attached hydrogen (secondary N) is 1. The first-order valence-corrected chi connectivity index (χ1v) is 8.86. The molecule has 2 aromatic rings. The maximum atomic E-state index is 13.1. The monoisotopic (exact) mass is 342 g/mol. The standard InChI is InChI=1S/C18H18N2O3S/c1-23-13-5-2-4-12(10-13)11-20-16(21)18(19-17(20)22)8-3-6-15-14(18)7-9-24-15/h2,4-5,7,9-10H,3,6,8,11H2,1H3,(H,19,22)/t18-/m0/s1. The van der Waals surface area contributed by atoms with Gasteiger partial charge < -0.3 is 10.1 Å². The molecule has 124 valence electrons. The van der Waals surface area contributed by atoms with Crippen LogP contribution in [0.1, 0.15) is 28.8 Å². The van der Waals surface area contributed by atoms with Crippen molar-refractivity contribution in [3.8, 4) is 5.75 Å². The lowest BCUT2D eigenvalue weighted by molar-refractivity contribution is -0.132. The summed E-state index contributed by atoms with van der Waals surface area (Å²) in [6, 6.07) is 9.11. The zero-order valence-electron chi connectivity index (χ0n) is 13.4. The third-order valence-corrected chi connectivity index (χ3v) is 5.79. The normalized spacial score (nSPS) is 22.6. The fourth-order valence-electron chi connectivity index (χ4n) is 3.64. The molecule has 1 aliphatic heterocycles. The maximum Gasteiger partial charge on any atom is 0.325 e. The largest absolute Gasteiger partial charge is 0.497 e.